The molecule has 1 saturated heterocycles. The summed E-state index contributed by atoms with van der Waals surface area (Å²) in [7, 11) is 0. The fourth-order valence-corrected chi connectivity index (χ4v) is 4.91. The minimum absolute atomic E-state index is 0.00542. The summed E-state index contributed by atoms with van der Waals surface area (Å²) in [6.07, 6.45) is -0.537. The van der Waals surface area contributed by atoms with Crippen molar-refractivity contribution in [3.05, 3.63) is 71.3 Å². The first kappa shape index (κ1) is 19.0. The Labute approximate surface area is 164 Å². The number of nitrogens with one attached hydrogen (secondary N) is 1. The van der Waals surface area contributed by atoms with Gasteiger partial charge in [0.2, 0.25) is 0 Å². The zero-order valence-electron chi connectivity index (χ0n) is 14.8. The number of hydrogen-bond donors (Lipinski definition) is 2. The minimum atomic E-state index is -1.20. The van der Waals surface area contributed by atoms with E-state index in [9.17, 15) is 18.7 Å². The van der Waals surface area contributed by atoms with Crippen molar-refractivity contribution in [2.45, 2.75) is 11.6 Å². The van der Waals surface area contributed by atoms with Crippen LogP contribution in [0, 0.1) is 17.6 Å². The van der Waals surface area contributed by atoms with Crippen LogP contribution in [0.2, 0.25) is 0 Å². The Balaban J connectivity index is 1.73. The quantitative estimate of drug-likeness (QED) is 0.825. The molecule has 2 aliphatic rings. The Kier molecular flexibility index (Phi) is 5.18. The van der Waals surface area contributed by atoms with Gasteiger partial charge in [-0.1, -0.05) is 42.1 Å². The fraction of sp³-hybridized carbons (Fsp3) is 0.300. The lowest BCUT2D eigenvalue weighted by molar-refractivity contribution is 0.0436. The third kappa shape index (κ3) is 3.21. The fourth-order valence-electron chi connectivity index (χ4n) is 3.69. The number of aliphatic hydroxyl groups is 1. The van der Waals surface area contributed by atoms with Crippen LogP contribution in [-0.2, 0) is 10.3 Å². The topological polar surface area (TPSA) is 70.9 Å². The first-order valence-electron chi connectivity index (χ1n) is 8.81. The highest BCUT2D eigenvalue weighted by atomic mass is 32.2. The van der Waals surface area contributed by atoms with E-state index in [1.165, 1.54) is 23.9 Å². The minimum Gasteiger partial charge on any atom is -0.394 e. The highest BCUT2D eigenvalue weighted by molar-refractivity contribution is 8.13. The number of thioether (sulfide) groups is 1. The number of hydrogen-bond acceptors (Lipinski definition) is 5. The van der Waals surface area contributed by atoms with Gasteiger partial charge >= 0.3 is 0 Å². The molecule has 0 radical (unpaired) electrons. The van der Waals surface area contributed by atoms with E-state index in [1.807, 2.05) is 0 Å². The number of ether oxygens (including phenoxy) is 1. The van der Waals surface area contributed by atoms with Crippen LogP contribution in [0.3, 0.4) is 0 Å². The van der Waals surface area contributed by atoms with Gasteiger partial charge in [0.1, 0.15) is 5.54 Å². The van der Waals surface area contributed by atoms with Gasteiger partial charge in [-0.3, -0.25) is 4.79 Å². The molecule has 1 amide bonds. The van der Waals surface area contributed by atoms with Gasteiger partial charge in [-0.2, -0.15) is 0 Å². The number of aliphatic hydroxyl groups excluding tert-OH is 1. The monoisotopic (exact) mass is 404 g/mol. The van der Waals surface area contributed by atoms with E-state index < -0.39 is 23.3 Å². The van der Waals surface area contributed by atoms with E-state index in [1.54, 1.807) is 30.3 Å². The number of carbonyl (C=O) groups is 1. The second-order valence-corrected chi connectivity index (χ2v) is 7.72. The van der Waals surface area contributed by atoms with Gasteiger partial charge in [-0.15, -0.1) is 0 Å². The predicted molar refractivity (Wildman–Crippen MR) is 102 cm³/mol. The van der Waals surface area contributed by atoms with Gasteiger partial charge in [0, 0.05) is 22.8 Å². The van der Waals surface area contributed by atoms with Gasteiger partial charge < -0.3 is 15.2 Å². The smallest absolute Gasteiger partial charge is 0.257 e. The molecule has 8 heteroatoms. The Hall–Kier alpha value is -2.29. The Morgan fingerprint density at radius 2 is 2.04 bits per heavy atom. The summed E-state index contributed by atoms with van der Waals surface area (Å²) >= 11 is 1.30. The van der Waals surface area contributed by atoms with Crippen molar-refractivity contribution in [1.29, 1.82) is 0 Å². The van der Waals surface area contributed by atoms with Crippen LogP contribution < -0.4 is 5.32 Å². The maximum absolute atomic E-state index is 14.6. The van der Waals surface area contributed by atoms with Crippen molar-refractivity contribution in [3.63, 3.8) is 0 Å². The highest BCUT2D eigenvalue weighted by Crippen LogP contribution is 2.48. The lowest BCUT2D eigenvalue weighted by Gasteiger charge is -2.36. The van der Waals surface area contributed by atoms with Crippen molar-refractivity contribution >= 4 is 22.8 Å². The molecule has 0 bridgehead atoms. The molecule has 0 spiro atoms. The van der Waals surface area contributed by atoms with Gasteiger partial charge in [-0.05, 0) is 18.2 Å². The van der Waals surface area contributed by atoms with Crippen LogP contribution in [0.25, 0.3) is 0 Å². The molecule has 2 N–H and O–H groups in total. The Morgan fingerprint density at radius 3 is 2.79 bits per heavy atom. The van der Waals surface area contributed by atoms with E-state index in [0.717, 1.165) is 6.07 Å². The zero-order chi connectivity index (χ0) is 19.7. The van der Waals surface area contributed by atoms with E-state index in [2.05, 4.69) is 10.3 Å². The van der Waals surface area contributed by atoms with E-state index in [4.69, 9.17) is 4.74 Å². The molecule has 2 aromatic carbocycles. The van der Waals surface area contributed by atoms with Crippen LogP contribution in [-0.4, -0.2) is 41.3 Å². The molecule has 5 nitrogen and oxygen atoms in total. The number of carbonyl (C=O) groups excluding carboxylic acids is 1. The Morgan fingerprint density at radius 1 is 1.25 bits per heavy atom. The molecule has 2 unspecified atom stereocenters. The third-order valence-electron chi connectivity index (χ3n) is 5.13. The van der Waals surface area contributed by atoms with Crippen molar-refractivity contribution in [3.8, 4) is 0 Å². The summed E-state index contributed by atoms with van der Waals surface area (Å²) in [6, 6.07) is 12.6. The number of halogens is 2. The average Bonchev–Trinajstić information content (AvgIpc) is 3.09. The highest BCUT2D eigenvalue weighted by Gasteiger charge is 2.54. The number of fused-ring (bicyclic) bond motifs is 1. The number of aliphatic imine (C=N–C) groups is 1. The molecule has 0 aromatic heterocycles. The van der Waals surface area contributed by atoms with Crippen LogP contribution >= 0.6 is 11.8 Å². The van der Waals surface area contributed by atoms with Gasteiger partial charge in [0.15, 0.2) is 16.8 Å². The van der Waals surface area contributed by atoms with Gasteiger partial charge in [-0.25, -0.2) is 13.8 Å². The maximum atomic E-state index is 14.6. The number of amides is 1. The van der Waals surface area contributed by atoms with E-state index >= 15 is 0 Å². The first-order chi connectivity index (χ1) is 13.5. The number of amidine groups is 1. The zero-order valence-corrected chi connectivity index (χ0v) is 15.6. The standard InChI is InChI=1S/C20H18F2N2O3S/c21-15-8-4-7-13(17(15)22)20-11-27-16(9-25)14(20)10-28-19(24-20)23-18(26)12-5-2-1-3-6-12/h1-8,14,16,25H,9-11H2,(H,23,24,26)/t14-,16?,20?/m1/s1. The van der Waals surface area contributed by atoms with E-state index in [0.29, 0.717) is 16.5 Å². The molecule has 4 rings (SSSR count). The van der Waals surface area contributed by atoms with Crippen molar-refractivity contribution < 1.29 is 23.4 Å². The molecule has 2 heterocycles. The summed E-state index contributed by atoms with van der Waals surface area (Å²) in [5, 5.41) is 12.7. The summed E-state index contributed by atoms with van der Waals surface area (Å²) in [6.45, 7) is -0.250. The normalized spacial score (nSPS) is 26.5. The molecule has 3 atom stereocenters. The molecule has 1 fully saturated rings. The van der Waals surface area contributed by atoms with Crippen molar-refractivity contribution in [2.24, 2.45) is 10.9 Å². The van der Waals surface area contributed by atoms with Crippen LogP contribution in [0.4, 0.5) is 8.78 Å². The summed E-state index contributed by atoms with van der Waals surface area (Å²) in [5.41, 5.74) is -0.667. The first-order valence-corrected chi connectivity index (χ1v) is 9.80. The molecule has 0 aliphatic carbocycles. The SMILES string of the molecule is O=C(NC1=NC2(c3cccc(F)c3F)COC(CO)[C@H]2CS1)c1ccccc1. The Bertz CT molecular complexity index is 925. The van der Waals surface area contributed by atoms with Gasteiger partial charge in [0.05, 0.1) is 19.3 Å². The van der Waals surface area contributed by atoms with E-state index in [-0.39, 0.29) is 30.6 Å². The summed E-state index contributed by atoms with van der Waals surface area (Å²) in [5.74, 6) is -2.20. The average molecular weight is 404 g/mol. The van der Waals surface area contributed by atoms with Crippen molar-refractivity contribution in [2.75, 3.05) is 19.0 Å². The van der Waals surface area contributed by atoms with Crippen LogP contribution in [0.1, 0.15) is 15.9 Å². The molecule has 146 valence electrons. The largest absolute Gasteiger partial charge is 0.394 e. The molecular formula is C20H18F2N2O3S. The second kappa shape index (κ2) is 7.62. The number of rotatable bonds is 3. The second-order valence-electron chi connectivity index (χ2n) is 6.71. The summed E-state index contributed by atoms with van der Waals surface area (Å²) < 4.78 is 34.2. The molecule has 0 saturated carbocycles. The maximum Gasteiger partial charge on any atom is 0.257 e. The third-order valence-corrected chi connectivity index (χ3v) is 6.13. The number of benzene rings is 2. The van der Waals surface area contributed by atoms with Gasteiger partial charge in [0.25, 0.3) is 5.91 Å². The lowest BCUT2D eigenvalue weighted by Crippen LogP contribution is -2.45. The molecule has 2 aromatic rings. The van der Waals surface area contributed by atoms with Crippen molar-refractivity contribution in [1.82, 2.24) is 5.32 Å². The predicted octanol–water partition coefficient (Wildman–Crippen LogP) is 2.70. The summed E-state index contributed by atoms with van der Waals surface area (Å²) in [4.78, 5) is 17.1. The lowest BCUT2D eigenvalue weighted by atomic mass is 9.79. The number of nitrogens with zero attached hydrogens (tertiary/aromatic N) is 1. The molecule has 2 aliphatic heterocycles. The van der Waals surface area contributed by atoms with Crippen LogP contribution in [0.5, 0.6) is 0 Å². The molecule has 28 heavy (non-hydrogen) atoms. The van der Waals surface area contributed by atoms with Crippen LogP contribution in [0.15, 0.2) is 53.5 Å². The molecular weight excluding hydrogens is 386 g/mol.